The average Bonchev–Trinajstić information content (AvgIpc) is 4.21. The van der Waals surface area contributed by atoms with Gasteiger partial charge in [0, 0.05) is 51.3 Å². The molecule has 3 nitrogen and oxygen atoms in total. The molecular weight excluding hydrogens is 894 g/mol. The van der Waals surface area contributed by atoms with Crippen molar-refractivity contribution in [3.8, 4) is 11.1 Å². The largest absolute Gasteiger partial charge is 0.339 e. The van der Waals surface area contributed by atoms with Gasteiger partial charge in [-0.1, -0.05) is 174 Å². The SMILES string of the molecule is CC(C)(C)c1ccc(N2c3cc(N4c5ccc(-c6ccccc6)cc5C5(C)CCCCC45C)cc4c3B3c5c2cccc5C(c2ccccc2)(c2ccccc2)c2cccc(c23)N4C2CC3CC4CC3CC42)cc1. The first-order valence-electron chi connectivity index (χ1n) is 28.3. The second-order valence-electron chi connectivity index (χ2n) is 25.5. The number of nitrogens with zero attached hydrogens (tertiary/aromatic N) is 3. The second-order valence-corrected chi connectivity index (χ2v) is 25.5. The highest BCUT2D eigenvalue weighted by atomic mass is 15.3. The van der Waals surface area contributed by atoms with Gasteiger partial charge in [0.05, 0.1) is 11.0 Å². The highest BCUT2D eigenvalue weighted by Crippen LogP contribution is 2.65. The van der Waals surface area contributed by atoms with Gasteiger partial charge in [-0.2, -0.15) is 0 Å². The molecule has 5 fully saturated rings. The van der Waals surface area contributed by atoms with Gasteiger partial charge in [-0.15, -0.1) is 0 Å². The lowest BCUT2D eigenvalue weighted by Gasteiger charge is -2.56. The molecule has 8 aromatic carbocycles. The predicted octanol–water partition coefficient (Wildman–Crippen LogP) is 15.3. The van der Waals surface area contributed by atoms with Crippen LogP contribution in [0.15, 0.2) is 182 Å². The molecule has 7 atom stereocenters. The first kappa shape index (κ1) is 43.6. The van der Waals surface area contributed by atoms with Crippen molar-refractivity contribution in [2.75, 3.05) is 14.7 Å². The van der Waals surface area contributed by atoms with Crippen LogP contribution >= 0.6 is 0 Å². The number of benzene rings is 8. The third-order valence-corrected chi connectivity index (χ3v) is 21.3. The van der Waals surface area contributed by atoms with E-state index in [1.165, 1.54) is 146 Å². The summed E-state index contributed by atoms with van der Waals surface area (Å²) < 4.78 is 0. The van der Waals surface area contributed by atoms with Gasteiger partial charge in [-0.05, 0) is 184 Å². The number of hydrogen-bond donors (Lipinski definition) is 0. The van der Waals surface area contributed by atoms with E-state index in [4.69, 9.17) is 0 Å². The van der Waals surface area contributed by atoms with E-state index in [9.17, 15) is 0 Å². The van der Waals surface area contributed by atoms with Gasteiger partial charge in [0.1, 0.15) is 0 Å². The molecule has 5 aliphatic carbocycles. The topological polar surface area (TPSA) is 9.72 Å². The van der Waals surface area contributed by atoms with E-state index in [1.54, 1.807) is 0 Å². The normalized spacial score (nSPS) is 26.8. The Balaban J connectivity index is 1.02. The molecule has 0 aromatic heterocycles. The van der Waals surface area contributed by atoms with Crippen molar-refractivity contribution >= 4 is 62.9 Å². The molecule has 5 saturated carbocycles. The standard InChI is InChI=1S/C70H66BN3/c1-67(2,3)49-30-32-52(33-31-49)72-59-27-17-25-55-64(59)71-65-56(70(55,50-21-11-7-12-22-50)51-23-13-8-14-24-51)26-18-28-60(65)73(61-41-47-38-48-37-46(47)39-54(48)61)63-43-53(42-62(72)66(63)71)74-58-34-29-45(44-19-9-6-10-20-44)40-57(58)68(4)35-15-16-36-69(68,74)5/h6-14,17-34,40,42-43,46-48,54,61H,15-16,35-39,41H2,1-5H3. The average molecular weight is 960 g/mol. The summed E-state index contributed by atoms with van der Waals surface area (Å²) in [6.45, 7) is 12.3. The van der Waals surface area contributed by atoms with Crippen molar-refractivity contribution in [1.82, 2.24) is 0 Å². The molecule has 74 heavy (non-hydrogen) atoms. The Bertz CT molecular complexity index is 3560. The van der Waals surface area contributed by atoms with Gasteiger partial charge >= 0.3 is 0 Å². The van der Waals surface area contributed by atoms with E-state index >= 15 is 0 Å². The fraction of sp³-hybridized carbons (Fsp3) is 0.314. The van der Waals surface area contributed by atoms with Crippen molar-refractivity contribution in [3.63, 3.8) is 0 Å². The number of anilines is 7. The molecule has 8 aromatic rings. The molecule has 4 heterocycles. The van der Waals surface area contributed by atoms with Crippen LogP contribution in [0.4, 0.5) is 39.8 Å². The number of hydrogen-bond acceptors (Lipinski definition) is 3. The van der Waals surface area contributed by atoms with E-state index in [1.807, 2.05) is 0 Å². The van der Waals surface area contributed by atoms with Crippen molar-refractivity contribution in [1.29, 1.82) is 0 Å². The van der Waals surface area contributed by atoms with Crippen LogP contribution in [0.2, 0.25) is 0 Å². The van der Waals surface area contributed by atoms with Crippen LogP contribution in [0, 0.1) is 23.7 Å². The Labute approximate surface area is 439 Å². The van der Waals surface area contributed by atoms with E-state index < -0.39 is 5.41 Å². The molecule has 4 bridgehead atoms. The molecule has 17 rings (SSSR count). The summed E-state index contributed by atoms with van der Waals surface area (Å²) in [5.74, 6) is 3.24. The van der Waals surface area contributed by atoms with E-state index in [0.717, 1.165) is 24.2 Å². The summed E-state index contributed by atoms with van der Waals surface area (Å²) in [4.78, 5) is 8.62. The molecule has 4 aliphatic heterocycles. The summed E-state index contributed by atoms with van der Waals surface area (Å²) >= 11 is 0. The van der Waals surface area contributed by atoms with Crippen LogP contribution in [-0.2, 0) is 16.2 Å². The molecule has 0 saturated heterocycles. The maximum atomic E-state index is 3.02. The van der Waals surface area contributed by atoms with Gasteiger partial charge < -0.3 is 14.7 Å². The highest BCUT2D eigenvalue weighted by molar-refractivity contribution is 7.01. The summed E-state index contributed by atoms with van der Waals surface area (Å²) in [5.41, 5.74) is 24.3. The zero-order chi connectivity index (χ0) is 49.5. The highest BCUT2D eigenvalue weighted by Gasteiger charge is 2.61. The van der Waals surface area contributed by atoms with E-state index in [-0.39, 0.29) is 23.1 Å². The summed E-state index contributed by atoms with van der Waals surface area (Å²) in [6.07, 6.45) is 10.4. The lowest BCUT2D eigenvalue weighted by molar-refractivity contribution is 0.133. The molecule has 4 heteroatoms. The summed E-state index contributed by atoms with van der Waals surface area (Å²) in [5, 5.41) is 0. The fourth-order valence-electron chi connectivity index (χ4n) is 17.9. The second kappa shape index (κ2) is 15.2. The maximum absolute atomic E-state index is 3.02. The Kier molecular flexibility index (Phi) is 8.95. The Hall–Kier alpha value is -6.78. The minimum absolute atomic E-state index is 0.0191. The van der Waals surface area contributed by atoms with Crippen molar-refractivity contribution in [3.05, 3.63) is 215 Å². The molecule has 364 valence electrons. The molecule has 0 amide bonds. The zero-order valence-electron chi connectivity index (χ0n) is 43.8. The Morgan fingerprint density at radius 2 is 1.09 bits per heavy atom. The smallest absolute Gasteiger partial charge is 0.252 e. The predicted molar refractivity (Wildman–Crippen MR) is 309 cm³/mol. The van der Waals surface area contributed by atoms with E-state index in [0.29, 0.717) is 12.0 Å². The van der Waals surface area contributed by atoms with Gasteiger partial charge in [-0.25, -0.2) is 0 Å². The molecule has 9 aliphatic rings. The molecule has 0 spiro atoms. The maximum Gasteiger partial charge on any atom is 0.252 e. The lowest BCUT2D eigenvalue weighted by Crippen LogP contribution is -2.69. The first-order chi connectivity index (χ1) is 36.1. The van der Waals surface area contributed by atoms with Crippen molar-refractivity contribution in [2.24, 2.45) is 23.7 Å². The van der Waals surface area contributed by atoms with Crippen molar-refractivity contribution in [2.45, 2.75) is 114 Å². The van der Waals surface area contributed by atoms with Gasteiger partial charge in [0.2, 0.25) is 0 Å². The van der Waals surface area contributed by atoms with Gasteiger partial charge in [0.25, 0.3) is 6.71 Å². The van der Waals surface area contributed by atoms with E-state index in [2.05, 4.69) is 231 Å². The van der Waals surface area contributed by atoms with Crippen LogP contribution in [0.3, 0.4) is 0 Å². The first-order valence-corrected chi connectivity index (χ1v) is 28.3. The molecule has 0 N–H and O–H groups in total. The molecule has 0 radical (unpaired) electrons. The quantitative estimate of drug-likeness (QED) is 0.154. The molecule has 7 unspecified atom stereocenters. The third-order valence-electron chi connectivity index (χ3n) is 21.3. The van der Waals surface area contributed by atoms with Gasteiger partial charge in [0.15, 0.2) is 0 Å². The third kappa shape index (κ3) is 5.55. The van der Waals surface area contributed by atoms with Crippen molar-refractivity contribution < 1.29 is 0 Å². The molecular formula is C70H66BN3. The monoisotopic (exact) mass is 960 g/mol. The Morgan fingerprint density at radius 3 is 1.74 bits per heavy atom. The summed E-state index contributed by atoms with van der Waals surface area (Å²) in [7, 11) is 0. The van der Waals surface area contributed by atoms with Gasteiger partial charge in [-0.3, -0.25) is 0 Å². The van der Waals surface area contributed by atoms with Crippen LogP contribution in [0.5, 0.6) is 0 Å². The minimum Gasteiger partial charge on any atom is -0.339 e. The number of fused-ring (bicyclic) bond motifs is 4. The van der Waals surface area contributed by atoms with Crippen LogP contribution < -0.4 is 31.1 Å². The van der Waals surface area contributed by atoms with Crippen LogP contribution in [-0.4, -0.2) is 18.3 Å². The summed E-state index contributed by atoms with van der Waals surface area (Å²) in [6, 6.07) is 72.1. The van der Waals surface area contributed by atoms with Crippen LogP contribution in [0.1, 0.15) is 119 Å². The number of rotatable bonds is 6. The fourth-order valence-corrected chi connectivity index (χ4v) is 17.9. The lowest BCUT2D eigenvalue weighted by atomic mass is 9.28. The Morgan fingerprint density at radius 1 is 0.473 bits per heavy atom. The van der Waals surface area contributed by atoms with Crippen LogP contribution in [0.25, 0.3) is 11.1 Å². The zero-order valence-corrected chi connectivity index (χ0v) is 43.8. The minimum atomic E-state index is -0.539.